The standard InChI is InChI=1S/C20H20ClN3O5/c1-5-28-20(27)17-10(2)16(11(3)23-17)19(26)29-12(4)18(25)24-14-7-6-13(9-22)15(21)8-14/h6-8,12,23H,5H2,1-4H3,(H,24,25)/t12-/m1/s1. The number of nitrogens with zero attached hydrogens (tertiary/aromatic N) is 1. The third-order valence-electron chi connectivity index (χ3n) is 4.13. The summed E-state index contributed by atoms with van der Waals surface area (Å²) < 4.78 is 10.2. The van der Waals surface area contributed by atoms with Gasteiger partial charge in [0.15, 0.2) is 6.10 Å². The van der Waals surface area contributed by atoms with Crippen LogP contribution in [0, 0.1) is 25.2 Å². The second-order valence-corrected chi connectivity index (χ2v) is 6.60. The molecule has 1 amide bonds. The van der Waals surface area contributed by atoms with E-state index in [0.29, 0.717) is 16.9 Å². The molecule has 2 aromatic rings. The predicted octanol–water partition coefficient (Wildman–Crippen LogP) is 3.52. The maximum atomic E-state index is 12.6. The number of hydrogen-bond acceptors (Lipinski definition) is 6. The molecule has 2 rings (SSSR count). The van der Waals surface area contributed by atoms with Crippen LogP contribution in [-0.4, -0.2) is 35.5 Å². The van der Waals surface area contributed by atoms with E-state index in [1.54, 1.807) is 20.8 Å². The molecule has 1 atom stereocenters. The quantitative estimate of drug-likeness (QED) is 0.693. The van der Waals surface area contributed by atoms with Crippen LogP contribution in [-0.2, 0) is 14.3 Å². The van der Waals surface area contributed by atoms with Gasteiger partial charge in [0.25, 0.3) is 5.91 Å². The van der Waals surface area contributed by atoms with Gasteiger partial charge < -0.3 is 19.8 Å². The lowest BCUT2D eigenvalue weighted by Gasteiger charge is -2.14. The van der Waals surface area contributed by atoms with Gasteiger partial charge in [0, 0.05) is 11.4 Å². The molecule has 1 heterocycles. The maximum Gasteiger partial charge on any atom is 0.355 e. The Kier molecular flexibility index (Phi) is 7.02. The number of nitriles is 1. The van der Waals surface area contributed by atoms with Crippen LogP contribution in [0.25, 0.3) is 0 Å². The van der Waals surface area contributed by atoms with E-state index in [1.807, 2.05) is 6.07 Å². The molecule has 0 saturated carbocycles. The Bertz CT molecular complexity index is 1010. The van der Waals surface area contributed by atoms with Crippen molar-refractivity contribution >= 4 is 35.1 Å². The molecule has 1 aromatic carbocycles. The van der Waals surface area contributed by atoms with Crippen LogP contribution >= 0.6 is 11.6 Å². The van der Waals surface area contributed by atoms with E-state index < -0.39 is 23.9 Å². The molecule has 0 fully saturated rings. The SMILES string of the molecule is CCOC(=O)c1[nH]c(C)c(C(=O)O[C@H](C)C(=O)Nc2ccc(C#N)c(Cl)c2)c1C. The summed E-state index contributed by atoms with van der Waals surface area (Å²) in [5.74, 6) is -1.89. The molecule has 0 aliphatic rings. The molecular weight excluding hydrogens is 398 g/mol. The van der Waals surface area contributed by atoms with Gasteiger partial charge in [0.05, 0.1) is 22.8 Å². The van der Waals surface area contributed by atoms with Crippen LogP contribution in [0.4, 0.5) is 5.69 Å². The van der Waals surface area contributed by atoms with Gasteiger partial charge in [-0.1, -0.05) is 11.6 Å². The Morgan fingerprint density at radius 2 is 1.97 bits per heavy atom. The third kappa shape index (κ3) is 4.95. The summed E-state index contributed by atoms with van der Waals surface area (Å²) in [5.41, 5.74) is 1.80. The van der Waals surface area contributed by atoms with Crippen LogP contribution in [0.15, 0.2) is 18.2 Å². The molecule has 29 heavy (non-hydrogen) atoms. The number of H-pyrrole nitrogens is 1. The molecule has 2 N–H and O–H groups in total. The van der Waals surface area contributed by atoms with Gasteiger partial charge in [0.1, 0.15) is 11.8 Å². The summed E-state index contributed by atoms with van der Waals surface area (Å²) in [6, 6.07) is 6.34. The van der Waals surface area contributed by atoms with Crippen molar-refractivity contribution in [3.05, 3.63) is 51.3 Å². The van der Waals surface area contributed by atoms with Crippen LogP contribution in [0.5, 0.6) is 0 Å². The Balaban J connectivity index is 2.10. The lowest BCUT2D eigenvalue weighted by molar-refractivity contribution is -0.123. The first-order valence-electron chi connectivity index (χ1n) is 8.77. The topological polar surface area (TPSA) is 121 Å². The molecule has 9 heteroatoms. The molecule has 0 aliphatic carbocycles. The minimum atomic E-state index is -1.11. The fourth-order valence-electron chi connectivity index (χ4n) is 2.66. The van der Waals surface area contributed by atoms with Crippen LogP contribution in [0.3, 0.4) is 0 Å². The number of anilines is 1. The number of ether oxygens (including phenoxy) is 2. The van der Waals surface area contributed by atoms with Gasteiger partial charge in [-0.15, -0.1) is 0 Å². The molecule has 8 nitrogen and oxygen atoms in total. The molecule has 0 radical (unpaired) electrons. The summed E-state index contributed by atoms with van der Waals surface area (Å²) in [5, 5.41) is 11.6. The van der Waals surface area contributed by atoms with Crippen molar-refractivity contribution in [1.82, 2.24) is 4.98 Å². The summed E-state index contributed by atoms with van der Waals surface area (Å²) in [6.45, 7) is 6.51. The highest BCUT2D eigenvalue weighted by atomic mass is 35.5. The number of benzene rings is 1. The third-order valence-corrected chi connectivity index (χ3v) is 4.44. The lowest BCUT2D eigenvalue weighted by Crippen LogP contribution is -2.30. The lowest BCUT2D eigenvalue weighted by atomic mass is 10.1. The Labute approximate surface area is 172 Å². The highest BCUT2D eigenvalue weighted by Crippen LogP contribution is 2.22. The molecule has 152 valence electrons. The van der Waals surface area contributed by atoms with Crippen molar-refractivity contribution in [3.63, 3.8) is 0 Å². The number of aromatic amines is 1. The van der Waals surface area contributed by atoms with E-state index in [2.05, 4.69) is 10.3 Å². The van der Waals surface area contributed by atoms with Gasteiger partial charge >= 0.3 is 11.9 Å². The van der Waals surface area contributed by atoms with Crippen molar-refractivity contribution in [3.8, 4) is 6.07 Å². The van der Waals surface area contributed by atoms with Gasteiger partial charge in [0.2, 0.25) is 0 Å². The average molecular weight is 418 g/mol. The average Bonchev–Trinajstić information content (AvgIpc) is 2.96. The highest BCUT2D eigenvalue weighted by Gasteiger charge is 2.26. The molecule has 0 aliphatic heterocycles. The fraction of sp³-hybridized carbons (Fsp3) is 0.300. The van der Waals surface area contributed by atoms with Crippen molar-refractivity contribution in [2.45, 2.75) is 33.8 Å². The van der Waals surface area contributed by atoms with E-state index in [1.165, 1.54) is 25.1 Å². The summed E-state index contributed by atoms with van der Waals surface area (Å²) >= 11 is 5.94. The summed E-state index contributed by atoms with van der Waals surface area (Å²) in [4.78, 5) is 39.7. The van der Waals surface area contributed by atoms with E-state index in [4.69, 9.17) is 26.3 Å². The maximum absolute atomic E-state index is 12.6. The molecule has 0 saturated heterocycles. The summed E-state index contributed by atoms with van der Waals surface area (Å²) in [7, 11) is 0. The number of esters is 2. The molecule has 0 unspecified atom stereocenters. The number of hydrogen-bond donors (Lipinski definition) is 2. The molecule has 1 aromatic heterocycles. The summed E-state index contributed by atoms with van der Waals surface area (Å²) in [6.07, 6.45) is -1.11. The zero-order valence-corrected chi connectivity index (χ0v) is 17.1. The number of halogens is 1. The monoisotopic (exact) mass is 417 g/mol. The van der Waals surface area contributed by atoms with E-state index in [-0.39, 0.29) is 28.5 Å². The van der Waals surface area contributed by atoms with Crippen molar-refractivity contribution in [2.75, 3.05) is 11.9 Å². The van der Waals surface area contributed by atoms with Gasteiger partial charge in [-0.25, -0.2) is 9.59 Å². The van der Waals surface area contributed by atoms with Gasteiger partial charge in [-0.05, 0) is 51.5 Å². The molecular formula is C20H20ClN3O5. The Hall–Kier alpha value is -3.31. The Morgan fingerprint density at radius 1 is 1.28 bits per heavy atom. The number of aromatic nitrogens is 1. The number of nitrogens with one attached hydrogen (secondary N) is 2. The van der Waals surface area contributed by atoms with E-state index in [9.17, 15) is 14.4 Å². The normalized spacial score (nSPS) is 11.3. The second-order valence-electron chi connectivity index (χ2n) is 6.19. The fourth-order valence-corrected chi connectivity index (χ4v) is 2.89. The second kappa shape index (κ2) is 9.26. The predicted molar refractivity (Wildman–Crippen MR) is 106 cm³/mol. The first-order valence-corrected chi connectivity index (χ1v) is 9.15. The van der Waals surface area contributed by atoms with Gasteiger partial charge in [-0.2, -0.15) is 5.26 Å². The zero-order chi connectivity index (χ0) is 21.7. The number of amides is 1. The molecule has 0 bridgehead atoms. The number of carbonyl (C=O) groups is 3. The van der Waals surface area contributed by atoms with Gasteiger partial charge in [-0.3, -0.25) is 4.79 Å². The van der Waals surface area contributed by atoms with Crippen LogP contribution < -0.4 is 5.32 Å². The minimum Gasteiger partial charge on any atom is -0.461 e. The number of carbonyl (C=O) groups excluding carboxylic acids is 3. The van der Waals surface area contributed by atoms with Crippen LogP contribution in [0.1, 0.15) is 51.5 Å². The van der Waals surface area contributed by atoms with E-state index >= 15 is 0 Å². The minimum absolute atomic E-state index is 0.167. The van der Waals surface area contributed by atoms with E-state index in [0.717, 1.165) is 0 Å². The number of rotatable bonds is 6. The number of aryl methyl sites for hydroxylation is 1. The van der Waals surface area contributed by atoms with Crippen molar-refractivity contribution in [1.29, 1.82) is 5.26 Å². The van der Waals surface area contributed by atoms with Crippen molar-refractivity contribution < 1.29 is 23.9 Å². The molecule has 0 spiro atoms. The largest absolute Gasteiger partial charge is 0.461 e. The zero-order valence-electron chi connectivity index (χ0n) is 16.4. The smallest absolute Gasteiger partial charge is 0.355 e. The van der Waals surface area contributed by atoms with Crippen LogP contribution in [0.2, 0.25) is 5.02 Å². The Morgan fingerprint density at radius 3 is 2.55 bits per heavy atom. The first-order chi connectivity index (χ1) is 13.7. The highest BCUT2D eigenvalue weighted by molar-refractivity contribution is 6.32. The first kappa shape index (κ1) is 22.0. The van der Waals surface area contributed by atoms with Crippen molar-refractivity contribution in [2.24, 2.45) is 0 Å².